The molecular weight excluding hydrogens is 340 g/mol. The molecule has 0 aromatic heterocycles. The first-order valence-electron chi connectivity index (χ1n) is 10.2. The van der Waals surface area contributed by atoms with Crippen molar-refractivity contribution < 1.29 is 14.3 Å². The molecular formula is C22H30N2O3. The molecule has 1 aromatic rings. The molecule has 27 heavy (non-hydrogen) atoms. The number of piperidine rings is 1. The Kier molecular flexibility index (Phi) is 5.79. The lowest BCUT2D eigenvalue weighted by atomic mass is 9.65. The number of carbonyl (C=O) groups excluding carboxylic acids is 1. The van der Waals surface area contributed by atoms with E-state index in [1.165, 1.54) is 11.1 Å². The van der Waals surface area contributed by atoms with Gasteiger partial charge in [0.2, 0.25) is 0 Å². The molecule has 5 nitrogen and oxygen atoms in total. The molecule has 0 unspecified atom stereocenters. The molecule has 0 aliphatic carbocycles. The lowest BCUT2D eigenvalue weighted by molar-refractivity contribution is -0.0705. The predicted octanol–water partition coefficient (Wildman–Crippen LogP) is 3.16. The van der Waals surface area contributed by atoms with Crippen LogP contribution in [-0.2, 0) is 15.9 Å². The minimum absolute atomic E-state index is 0.0168. The number of nitrogens with one attached hydrogen (secondary N) is 1. The molecule has 1 aromatic carbocycles. The minimum Gasteiger partial charge on any atom is -0.380 e. The van der Waals surface area contributed by atoms with Crippen LogP contribution in [0.25, 0.3) is 0 Å². The average molecular weight is 370 g/mol. The molecule has 1 N–H and O–H groups in total. The van der Waals surface area contributed by atoms with E-state index >= 15 is 0 Å². The van der Waals surface area contributed by atoms with E-state index in [2.05, 4.69) is 28.4 Å². The highest BCUT2D eigenvalue weighted by Crippen LogP contribution is 2.47. The van der Waals surface area contributed by atoms with Gasteiger partial charge in [-0.1, -0.05) is 42.0 Å². The Bertz CT molecular complexity index is 671. The van der Waals surface area contributed by atoms with Crippen molar-refractivity contribution in [1.82, 2.24) is 10.2 Å². The maximum atomic E-state index is 13.0. The fraction of sp³-hybridized carbons (Fsp3) is 0.591. The molecule has 0 radical (unpaired) electrons. The van der Waals surface area contributed by atoms with Gasteiger partial charge in [-0.2, -0.15) is 0 Å². The fourth-order valence-corrected chi connectivity index (χ4v) is 4.98. The molecule has 0 saturated carbocycles. The number of nitrogens with zero attached hydrogens (tertiary/aromatic N) is 1. The number of likely N-dealkylation sites (tertiary alicyclic amines) is 1. The number of carbonyl (C=O) groups is 1. The Morgan fingerprint density at radius 3 is 2.93 bits per heavy atom. The SMILES string of the molecule is O=C(NCCc1ccccc1)N1CCC[C@@]2(C3=CCOCC3)COCC[C@H]12. The number of hydrogen-bond donors (Lipinski definition) is 1. The van der Waals surface area contributed by atoms with E-state index in [0.29, 0.717) is 13.2 Å². The van der Waals surface area contributed by atoms with E-state index in [1.807, 2.05) is 18.2 Å². The summed E-state index contributed by atoms with van der Waals surface area (Å²) in [6.07, 6.45) is 7.12. The molecule has 0 spiro atoms. The summed E-state index contributed by atoms with van der Waals surface area (Å²) in [4.78, 5) is 15.1. The van der Waals surface area contributed by atoms with E-state index in [9.17, 15) is 4.79 Å². The van der Waals surface area contributed by atoms with Gasteiger partial charge in [0.1, 0.15) is 0 Å². The summed E-state index contributed by atoms with van der Waals surface area (Å²) in [5.41, 5.74) is 2.68. The zero-order valence-electron chi connectivity index (χ0n) is 16.0. The van der Waals surface area contributed by atoms with Gasteiger partial charge in [0, 0.05) is 31.2 Å². The molecule has 4 rings (SSSR count). The molecule has 5 heteroatoms. The molecule has 146 valence electrons. The summed E-state index contributed by atoms with van der Waals surface area (Å²) >= 11 is 0. The number of rotatable bonds is 4. The first-order chi connectivity index (χ1) is 13.3. The normalized spacial score (nSPS) is 28.2. The molecule has 3 heterocycles. The number of fused-ring (bicyclic) bond motifs is 1. The topological polar surface area (TPSA) is 50.8 Å². The molecule has 2 amide bonds. The van der Waals surface area contributed by atoms with Crippen LogP contribution in [0, 0.1) is 5.41 Å². The summed E-state index contributed by atoms with van der Waals surface area (Å²) in [5.74, 6) is 0. The molecule has 2 fully saturated rings. The predicted molar refractivity (Wildman–Crippen MR) is 105 cm³/mol. The first-order valence-corrected chi connectivity index (χ1v) is 10.2. The molecule has 3 aliphatic rings. The van der Waals surface area contributed by atoms with Gasteiger partial charge < -0.3 is 19.7 Å². The van der Waals surface area contributed by atoms with Crippen molar-refractivity contribution in [2.75, 3.05) is 39.5 Å². The summed E-state index contributed by atoms with van der Waals surface area (Å²) in [6, 6.07) is 10.6. The lowest BCUT2D eigenvalue weighted by Crippen LogP contribution is -2.61. The largest absolute Gasteiger partial charge is 0.380 e. The first kappa shape index (κ1) is 18.5. The Labute approximate surface area is 161 Å². The maximum Gasteiger partial charge on any atom is 0.317 e. The quantitative estimate of drug-likeness (QED) is 0.829. The van der Waals surface area contributed by atoms with Gasteiger partial charge in [0.15, 0.2) is 0 Å². The minimum atomic E-state index is -0.0168. The van der Waals surface area contributed by atoms with Gasteiger partial charge in [0.25, 0.3) is 0 Å². The third-order valence-electron chi connectivity index (χ3n) is 6.33. The van der Waals surface area contributed by atoms with E-state index in [1.54, 1.807) is 0 Å². The Morgan fingerprint density at radius 2 is 2.11 bits per heavy atom. The molecule has 3 aliphatic heterocycles. The van der Waals surface area contributed by atoms with Crippen molar-refractivity contribution in [3.8, 4) is 0 Å². The van der Waals surface area contributed by atoms with Crippen molar-refractivity contribution in [3.63, 3.8) is 0 Å². The van der Waals surface area contributed by atoms with Gasteiger partial charge in [-0.25, -0.2) is 4.79 Å². The van der Waals surface area contributed by atoms with Crippen LogP contribution in [0.2, 0.25) is 0 Å². The van der Waals surface area contributed by atoms with Crippen LogP contribution in [0.1, 0.15) is 31.2 Å². The van der Waals surface area contributed by atoms with E-state index in [0.717, 1.165) is 58.5 Å². The van der Waals surface area contributed by atoms with Crippen LogP contribution in [-0.4, -0.2) is 56.5 Å². The van der Waals surface area contributed by atoms with Gasteiger partial charge in [0.05, 0.1) is 19.8 Å². The van der Waals surface area contributed by atoms with Crippen LogP contribution >= 0.6 is 0 Å². The molecule has 0 bridgehead atoms. The summed E-state index contributed by atoms with van der Waals surface area (Å²) in [7, 11) is 0. The number of urea groups is 1. The number of hydrogen-bond acceptors (Lipinski definition) is 3. The van der Waals surface area contributed by atoms with Crippen LogP contribution in [0.15, 0.2) is 42.0 Å². The smallest absolute Gasteiger partial charge is 0.317 e. The third kappa shape index (κ3) is 3.90. The van der Waals surface area contributed by atoms with Crippen molar-refractivity contribution in [2.24, 2.45) is 5.41 Å². The van der Waals surface area contributed by atoms with E-state index < -0.39 is 0 Å². The Hall–Kier alpha value is -1.85. The Balaban J connectivity index is 1.44. The van der Waals surface area contributed by atoms with Crippen LogP contribution in [0.5, 0.6) is 0 Å². The second kappa shape index (κ2) is 8.44. The van der Waals surface area contributed by atoms with Crippen LogP contribution < -0.4 is 5.32 Å². The van der Waals surface area contributed by atoms with Crippen molar-refractivity contribution >= 4 is 6.03 Å². The summed E-state index contributed by atoms with van der Waals surface area (Å²) in [6.45, 7) is 4.46. The standard InChI is InChI=1S/C22H30N2O3/c25-21(23-12-7-18-5-2-1-3-6-18)24-13-4-11-22(17-27-16-10-20(22)24)19-8-14-26-15-9-19/h1-3,5-6,8,20H,4,7,9-17H2,(H,23,25)/t20-,22-/m0/s1. The van der Waals surface area contributed by atoms with Gasteiger partial charge in [-0.3, -0.25) is 0 Å². The van der Waals surface area contributed by atoms with Crippen molar-refractivity contribution in [1.29, 1.82) is 0 Å². The fourth-order valence-electron chi connectivity index (χ4n) is 4.98. The van der Waals surface area contributed by atoms with E-state index in [4.69, 9.17) is 9.47 Å². The van der Waals surface area contributed by atoms with Gasteiger partial charge in [-0.15, -0.1) is 0 Å². The van der Waals surface area contributed by atoms with Crippen molar-refractivity contribution in [3.05, 3.63) is 47.5 Å². The number of benzene rings is 1. The summed E-state index contributed by atoms with van der Waals surface area (Å²) < 4.78 is 11.4. The van der Waals surface area contributed by atoms with Crippen LogP contribution in [0.4, 0.5) is 4.79 Å². The highest BCUT2D eigenvalue weighted by atomic mass is 16.5. The summed E-state index contributed by atoms with van der Waals surface area (Å²) in [5, 5.41) is 3.16. The number of amides is 2. The zero-order chi connectivity index (χ0) is 18.5. The lowest BCUT2D eigenvalue weighted by Gasteiger charge is -2.53. The number of ether oxygens (including phenoxy) is 2. The van der Waals surface area contributed by atoms with Crippen molar-refractivity contribution in [2.45, 2.75) is 38.1 Å². The van der Waals surface area contributed by atoms with Gasteiger partial charge >= 0.3 is 6.03 Å². The second-order valence-electron chi connectivity index (χ2n) is 7.83. The highest BCUT2D eigenvalue weighted by molar-refractivity contribution is 5.75. The third-order valence-corrected chi connectivity index (χ3v) is 6.33. The molecule has 2 atom stereocenters. The highest BCUT2D eigenvalue weighted by Gasteiger charge is 2.50. The Morgan fingerprint density at radius 1 is 1.22 bits per heavy atom. The maximum absolute atomic E-state index is 13.0. The molecule has 2 saturated heterocycles. The zero-order valence-corrected chi connectivity index (χ0v) is 16.0. The second-order valence-corrected chi connectivity index (χ2v) is 7.83. The average Bonchev–Trinajstić information content (AvgIpc) is 2.74. The van der Waals surface area contributed by atoms with E-state index in [-0.39, 0.29) is 17.5 Å². The van der Waals surface area contributed by atoms with Gasteiger partial charge in [-0.05, 0) is 37.7 Å². The monoisotopic (exact) mass is 370 g/mol. The van der Waals surface area contributed by atoms with Crippen LogP contribution in [0.3, 0.4) is 0 Å².